The molecule has 0 aromatic rings. The molecule has 7 heteroatoms. The molecule has 2 saturated heterocycles. The summed E-state index contributed by atoms with van der Waals surface area (Å²) in [5.41, 5.74) is 1.79. The van der Waals surface area contributed by atoms with Crippen molar-refractivity contribution in [2.45, 2.75) is 59.4 Å². The Kier molecular flexibility index (Phi) is 6.98. The van der Waals surface area contributed by atoms with Gasteiger partial charge in [0.05, 0.1) is 0 Å². The van der Waals surface area contributed by atoms with Crippen LogP contribution in [0.2, 0.25) is 0 Å². The van der Waals surface area contributed by atoms with Gasteiger partial charge in [0.2, 0.25) is 0 Å². The number of piperidine rings is 2. The second-order valence-corrected chi connectivity index (χ2v) is 8.67. The van der Waals surface area contributed by atoms with E-state index < -0.39 is 23.7 Å². The average Bonchev–Trinajstić information content (AvgIpc) is 2.74. The average molecular weight is 440 g/mol. The molecule has 1 aliphatic carbocycles. The van der Waals surface area contributed by atoms with Crippen molar-refractivity contribution >= 4 is 23.6 Å². The van der Waals surface area contributed by atoms with Crippen molar-refractivity contribution in [2.75, 3.05) is 14.1 Å². The Morgan fingerprint density at radius 3 is 1.72 bits per heavy atom. The molecule has 0 saturated carbocycles. The molecular weight excluding hydrogens is 406 g/mol. The summed E-state index contributed by atoms with van der Waals surface area (Å²) in [4.78, 5) is 55.0. The third-order valence-corrected chi connectivity index (χ3v) is 6.56. The summed E-state index contributed by atoms with van der Waals surface area (Å²) in [6, 6.07) is -0.160. The van der Waals surface area contributed by atoms with E-state index in [9.17, 15) is 19.2 Å². The van der Waals surface area contributed by atoms with E-state index in [1.807, 2.05) is 13.8 Å². The van der Waals surface area contributed by atoms with Crippen LogP contribution in [0.25, 0.3) is 0 Å². The summed E-state index contributed by atoms with van der Waals surface area (Å²) < 4.78 is 0. The molecule has 32 heavy (non-hydrogen) atoms. The van der Waals surface area contributed by atoms with Gasteiger partial charge < -0.3 is 0 Å². The SMILES string of the molecule is C/C=C1/C(=O)N(C(CCC)CCC)C(=O)C2=CC=C3C(=O)N(N(C)C)C(=O)/C(=C/C)C3C21. The Labute approximate surface area is 190 Å². The number of carbonyl (C=O) groups excluding carboxylic acids is 4. The lowest BCUT2D eigenvalue weighted by atomic mass is 9.65. The van der Waals surface area contributed by atoms with E-state index in [-0.39, 0.29) is 17.9 Å². The van der Waals surface area contributed by atoms with Gasteiger partial charge in [-0.3, -0.25) is 24.1 Å². The summed E-state index contributed by atoms with van der Waals surface area (Å²) in [5, 5.41) is 2.56. The zero-order valence-corrected chi connectivity index (χ0v) is 19.8. The highest BCUT2D eigenvalue weighted by Crippen LogP contribution is 2.48. The van der Waals surface area contributed by atoms with Crippen LogP contribution in [0.1, 0.15) is 53.4 Å². The highest BCUT2D eigenvalue weighted by atomic mass is 16.2. The fourth-order valence-electron chi connectivity index (χ4n) is 5.19. The van der Waals surface area contributed by atoms with Gasteiger partial charge in [0, 0.05) is 54.3 Å². The van der Waals surface area contributed by atoms with Crippen LogP contribution in [-0.2, 0) is 19.2 Å². The van der Waals surface area contributed by atoms with E-state index in [1.54, 1.807) is 52.2 Å². The van der Waals surface area contributed by atoms with Gasteiger partial charge in [0.15, 0.2) is 0 Å². The molecule has 2 atom stereocenters. The first kappa shape index (κ1) is 23.9. The van der Waals surface area contributed by atoms with Gasteiger partial charge in [-0.2, -0.15) is 0 Å². The lowest BCUT2D eigenvalue weighted by Crippen LogP contribution is -2.58. The van der Waals surface area contributed by atoms with Crippen LogP contribution in [0.15, 0.2) is 46.6 Å². The maximum atomic E-state index is 13.6. The molecule has 2 heterocycles. The Balaban J connectivity index is 2.17. The molecule has 172 valence electrons. The molecule has 2 unspecified atom stereocenters. The predicted octanol–water partition coefficient (Wildman–Crippen LogP) is 3.16. The first-order valence-electron chi connectivity index (χ1n) is 11.4. The van der Waals surface area contributed by atoms with E-state index in [0.717, 1.165) is 30.7 Å². The molecule has 0 aromatic carbocycles. The number of imide groups is 2. The van der Waals surface area contributed by atoms with E-state index in [4.69, 9.17) is 0 Å². The lowest BCUT2D eigenvalue weighted by Gasteiger charge is -2.46. The first-order valence-corrected chi connectivity index (χ1v) is 11.4. The van der Waals surface area contributed by atoms with E-state index in [1.165, 1.54) is 9.91 Å². The number of hydrogen-bond donors (Lipinski definition) is 0. The fraction of sp³-hybridized carbons (Fsp3) is 0.520. The lowest BCUT2D eigenvalue weighted by molar-refractivity contribution is -0.158. The number of likely N-dealkylation sites (tertiary alicyclic amines) is 1. The molecule has 3 rings (SSSR count). The van der Waals surface area contributed by atoms with E-state index in [2.05, 4.69) is 0 Å². The van der Waals surface area contributed by atoms with E-state index >= 15 is 0 Å². The van der Waals surface area contributed by atoms with Crippen LogP contribution in [-0.4, -0.2) is 58.7 Å². The fourth-order valence-corrected chi connectivity index (χ4v) is 5.19. The van der Waals surface area contributed by atoms with Crippen LogP contribution in [0.3, 0.4) is 0 Å². The Hall–Kier alpha value is -2.80. The van der Waals surface area contributed by atoms with Crippen LogP contribution in [0, 0.1) is 11.8 Å². The van der Waals surface area contributed by atoms with Crippen molar-refractivity contribution in [1.29, 1.82) is 0 Å². The first-order chi connectivity index (χ1) is 15.2. The minimum absolute atomic E-state index is 0.160. The summed E-state index contributed by atoms with van der Waals surface area (Å²) in [5.74, 6) is -2.73. The van der Waals surface area contributed by atoms with Gasteiger partial charge in [-0.15, -0.1) is 0 Å². The molecule has 4 amide bonds. The third-order valence-electron chi connectivity index (χ3n) is 6.56. The van der Waals surface area contributed by atoms with Gasteiger partial charge in [0.25, 0.3) is 23.6 Å². The summed E-state index contributed by atoms with van der Waals surface area (Å²) in [6.45, 7) is 7.62. The molecular formula is C25H33N3O4. The van der Waals surface area contributed by atoms with Crippen molar-refractivity contribution in [3.63, 3.8) is 0 Å². The number of amides is 4. The highest BCUT2D eigenvalue weighted by Gasteiger charge is 2.53. The summed E-state index contributed by atoms with van der Waals surface area (Å²) in [7, 11) is 3.27. The molecule has 7 nitrogen and oxygen atoms in total. The zero-order valence-electron chi connectivity index (χ0n) is 19.8. The molecule has 0 aromatic heterocycles. The number of allylic oxidation sites excluding steroid dienone is 4. The Morgan fingerprint density at radius 2 is 1.28 bits per heavy atom. The van der Waals surface area contributed by atoms with Crippen molar-refractivity contribution in [2.24, 2.45) is 11.8 Å². The van der Waals surface area contributed by atoms with Crippen molar-refractivity contribution in [3.05, 3.63) is 46.6 Å². The maximum absolute atomic E-state index is 13.6. The van der Waals surface area contributed by atoms with Crippen LogP contribution in [0.5, 0.6) is 0 Å². The topological polar surface area (TPSA) is 78.0 Å². The Morgan fingerprint density at radius 1 is 0.812 bits per heavy atom. The largest absolute Gasteiger partial charge is 0.272 e. The molecule has 0 N–H and O–H groups in total. The van der Waals surface area contributed by atoms with Crippen LogP contribution >= 0.6 is 0 Å². The second kappa shape index (κ2) is 9.36. The predicted molar refractivity (Wildman–Crippen MR) is 122 cm³/mol. The molecule has 0 bridgehead atoms. The monoisotopic (exact) mass is 439 g/mol. The second-order valence-electron chi connectivity index (χ2n) is 8.67. The number of hydrogen-bond acceptors (Lipinski definition) is 5. The normalized spacial score (nSPS) is 26.2. The third kappa shape index (κ3) is 3.58. The van der Waals surface area contributed by atoms with Gasteiger partial charge in [-0.05, 0) is 26.7 Å². The van der Waals surface area contributed by atoms with Crippen LogP contribution in [0.4, 0.5) is 0 Å². The molecule has 0 radical (unpaired) electrons. The molecule has 3 aliphatic rings. The standard InChI is InChI=1S/C25H33N3O4/c1-7-11-15(12-8-2)27-22(29)16(9-3)20-18(23(27)30)13-14-19-21(20)17(10-4)24(31)28(25(19)32)26(5)6/h9-10,13-15,20-21H,7-8,11-12H2,1-6H3/b16-9+,17-10+. The number of carbonyl (C=O) groups is 4. The molecule has 2 fully saturated rings. The summed E-state index contributed by atoms with van der Waals surface area (Å²) >= 11 is 0. The quantitative estimate of drug-likeness (QED) is 0.469. The van der Waals surface area contributed by atoms with Crippen LogP contribution < -0.4 is 0 Å². The zero-order chi connectivity index (χ0) is 23.7. The molecule has 0 spiro atoms. The number of hydrazine groups is 1. The van der Waals surface area contributed by atoms with Gasteiger partial charge >= 0.3 is 0 Å². The van der Waals surface area contributed by atoms with Crippen molar-refractivity contribution in [1.82, 2.24) is 14.9 Å². The smallest absolute Gasteiger partial charge is 0.272 e. The molecule has 2 aliphatic heterocycles. The number of nitrogens with zero attached hydrogens (tertiary/aromatic N) is 3. The minimum atomic E-state index is -0.645. The van der Waals surface area contributed by atoms with Crippen molar-refractivity contribution in [3.8, 4) is 0 Å². The van der Waals surface area contributed by atoms with Gasteiger partial charge in [0.1, 0.15) is 0 Å². The minimum Gasteiger partial charge on any atom is -0.272 e. The highest BCUT2D eigenvalue weighted by molar-refractivity contribution is 6.19. The maximum Gasteiger partial charge on any atom is 0.272 e. The Bertz CT molecular complexity index is 964. The van der Waals surface area contributed by atoms with Crippen molar-refractivity contribution < 1.29 is 19.2 Å². The number of rotatable bonds is 6. The van der Waals surface area contributed by atoms with Gasteiger partial charge in [-0.25, -0.2) is 10.0 Å². The van der Waals surface area contributed by atoms with E-state index in [0.29, 0.717) is 22.3 Å². The summed E-state index contributed by atoms with van der Waals surface area (Å²) in [6.07, 6.45) is 9.99. The number of fused-ring (bicyclic) bond motifs is 3. The van der Waals surface area contributed by atoms with Gasteiger partial charge in [-0.1, -0.05) is 51.0 Å².